The number of carbonyl (C=O) groups excluding carboxylic acids is 2. The maximum Gasteiger partial charge on any atom is 0.416 e. The predicted octanol–water partition coefficient (Wildman–Crippen LogP) is 4.33. The zero-order valence-electron chi connectivity index (χ0n) is 13.2. The van der Waals surface area contributed by atoms with Crippen LogP contribution in [0.4, 0.5) is 13.2 Å². The second kappa shape index (κ2) is 6.91. The summed E-state index contributed by atoms with van der Waals surface area (Å²) in [6, 6.07) is 10.3. The summed E-state index contributed by atoms with van der Waals surface area (Å²) >= 11 is 0. The highest BCUT2D eigenvalue weighted by molar-refractivity contribution is 5.97. The van der Waals surface area contributed by atoms with Crippen molar-refractivity contribution in [2.75, 3.05) is 6.61 Å². The highest BCUT2D eigenvalue weighted by atomic mass is 19.4. The first kappa shape index (κ1) is 17.5. The molecule has 8 heteroatoms. The Labute approximate surface area is 145 Å². The maximum atomic E-state index is 12.8. The quantitative estimate of drug-likeness (QED) is 0.541. The molecule has 0 radical (unpaired) electrons. The van der Waals surface area contributed by atoms with E-state index in [-0.39, 0.29) is 17.1 Å². The van der Waals surface area contributed by atoms with E-state index in [2.05, 4.69) is 4.98 Å². The minimum absolute atomic E-state index is 0.0822. The minimum atomic E-state index is -4.48. The van der Waals surface area contributed by atoms with E-state index in [9.17, 15) is 22.8 Å². The predicted molar refractivity (Wildman–Crippen MR) is 84.6 cm³/mol. The van der Waals surface area contributed by atoms with Gasteiger partial charge in [0.1, 0.15) is 5.76 Å². The van der Waals surface area contributed by atoms with E-state index in [1.807, 2.05) is 0 Å². The van der Waals surface area contributed by atoms with Crippen LogP contribution in [0, 0.1) is 0 Å². The van der Waals surface area contributed by atoms with Gasteiger partial charge >= 0.3 is 12.1 Å². The number of nitrogens with one attached hydrogen (secondary N) is 1. The highest BCUT2D eigenvalue weighted by Gasteiger charge is 2.30. The van der Waals surface area contributed by atoms with Crippen molar-refractivity contribution in [1.29, 1.82) is 0 Å². The molecule has 0 aliphatic carbocycles. The van der Waals surface area contributed by atoms with Crippen molar-refractivity contribution in [3.8, 4) is 11.3 Å². The van der Waals surface area contributed by atoms with Gasteiger partial charge in [0.05, 0.1) is 11.3 Å². The van der Waals surface area contributed by atoms with Crippen molar-refractivity contribution >= 4 is 11.8 Å². The number of benzene rings is 1. The van der Waals surface area contributed by atoms with Crippen molar-refractivity contribution in [2.24, 2.45) is 0 Å². The molecule has 134 valence electrons. The monoisotopic (exact) mass is 363 g/mol. The summed E-state index contributed by atoms with van der Waals surface area (Å²) < 4.78 is 48.4. The topological polar surface area (TPSA) is 72.3 Å². The molecule has 0 bridgehead atoms. The first-order valence-electron chi connectivity index (χ1n) is 7.46. The number of ether oxygens (including phenoxy) is 1. The van der Waals surface area contributed by atoms with Crippen LogP contribution < -0.4 is 0 Å². The third-order valence-corrected chi connectivity index (χ3v) is 3.51. The molecule has 3 rings (SSSR count). The van der Waals surface area contributed by atoms with E-state index in [4.69, 9.17) is 9.15 Å². The van der Waals surface area contributed by atoms with Crippen molar-refractivity contribution < 1.29 is 31.9 Å². The molecular weight excluding hydrogens is 351 g/mol. The number of hydrogen-bond acceptors (Lipinski definition) is 4. The fraction of sp³-hybridized carbons (Fsp3) is 0.111. The average Bonchev–Trinajstić information content (AvgIpc) is 3.30. The summed E-state index contributed by atoms with van der Waals surface area (Å²) in [7, 11) is 0. The Morgan fingerprint density at radius 1 is 1.08 bits per heavy atom. The van der Waals surface area contributed by atoms with Gasteiger partial charge in [-0.15, -0.1) is 0 Å². The second-order valence-electron chi connectivity index (χ2n) is 5.33. The Hall–Kier alpha value is -3.29. The number of halogens is 3. The van der Waals surface area contributed by atoms with Gasteiger partial charge in [0.15, 0.2) is 6.61 Å². The van der Waals surface area contributed by atoms with Crippen molar-refractivity contribution in [3.63, 3.8) is 0 Å². The van der Waals surface area contributed by atoms with Gasteiger partial charge in [-0.25, -0.2) is 4.79 Å². The number of carbonyl (C=O) groups is 2. The summed E-state index contributed by atoms with van der Waals surface area (Å²) in [5.41, 5.74) is -0.365. The summed E-state index contributed by atoms with van der Waals surface area (Å²) in [5.74, 6) is -1.44. The zero-order valence-corrected chi connectivity index (χ0v) is 13.2. The lowest BCUT2D eigenvalue weighted by Gasteiger charge is -2.07. The van der Waals surface area contributed by atoms with Gasteiger partial charge in [0.2, 0.25) is 11.5 Å². The Morgan fingerprint density at radius 2 is 1.88 bits per heavy atom. The maximum absolute atomic E-state index is 12.8. The van der Waals surface area contributed by atoms with Crippen LogP contribution in [0.25, 0.3) is 11.3 Å². The van der Waals surface area contributed by atoms with Crippen LogP contribution in [0.3, 0.4) is 0 Å². The molecule has 3 aromatic rings. The van der Waals surface area contributed by atoms with E-state index in [0.717, 1.165) is 12.1 Å². The molecule has 5 nitrogen and oxygen atoms in total. The van der Waals surface area contributed by atoms with Crippen molar-refractivity contribution in [3.05, 3.63) is 71.7 Å². The number of Topliss-reactive ketones (excluding diaryl/α,β-unsaturated/α-hetero) is 1. The largest absolute Gasteiger partial charge is 0.451 e. The number of H-pyrrole nitrogens is 1. The first-order chi connectivity index (χ1) is 12.3. The molecule has 0 atom stereocenters. The Kier molecular flexibility index (Phi) is 4.66. The Balaban J connectivity index is 1.69. The van der Waals surface area contributed by atoms with E-state index >= 15 is 0 Å². The molecule has 1 aromatic carbocycles. The van der Waals surface area contributed by atoms with Crippen LogP contribution in [0.15, 0.2) is 59.1 Å². The number of alkyl halides is 3. The van der Waals surface area contributed by atoms with Gasteiger partial charge < -0.3 is 14.1 Å². The van der Waals surface area contributed by atoms with E-state index in [1.54, 1.807) is 12.3 Å². The lowest BCUT2D eigenvalue weighted by Crippen LogP contribution is -2.14. The van der Waals surface area contributed by atoms with Gasteiger partial charge in [0.25, 0.3) is 0 Å². The van der Waals surface area contributed by atoms with Crippen LogP contribution in [0.5, 0.6) is 0 Å². The zero-order chi connectivity index (χ0) is 18.7. The average molecular weight is 363 g/mol. The first-order valence-corrected chi connectivity index (χ1v) is 7.46. The third-order valence-electron chi connectivity index (χ3n) is 3.51. The number of furan rings is 1. The summed E-state index contributed by atoms with van der Waals surface area (Å²) in [6.07, 6.45) is -2.93. The van der Waals surface area contributed by atoms with Crippen molar-refractivity contribution in [2.45, 2.75) is 6.18 Å². The number of rotatable bonds is 5. The van der Waals surface area contributed by atoms with E-state index in [1.165, 1.54) is 30.3 Å². The number of esters is 1. The van der Waals surface area contributed by atoms with E-state index < -0.39 is 30.1 Å². The highest BCUT2D eigenvalue weighted by Crippen LogP contribution is 2.32. The Morgan fingerprint density at radius 3 is 2.58 bits per heavy atom. The smallest absolute Gasteiger partial charge is 0.416 e. The number of hydrogen-bond donors (Lipinski definition) is 1. The molecule has 0 amide bonds. The molecule has 0 fully saturated rings. The molecule has 26 heavy (non-hydrogen) atoms. The van der Waals surface area contributed by atoms with Gasteiger partial charge in [-0.1, -0.05) is 12.1 Å². The van der Waals surface area contributed by atoms with E-state index in [0.29, 0.717) is 5.69 Å². The van der Waals surface area contributed by atoms with Gasteiger partial charge in [-0.05, 0) is 36.4 Å². The molecule has 0 spiro atoms. The van der Waals surface area contributed by atoms with Crippen LogP contribution >= 0.6 is 0 Å². The van der Waals surface area contributed by atoms with Gasteiger partial charge in [0, 0.05) is 11.8 Å². The fourth-order valence-electron chi connectivity index (χ4n) is 2.24. The molecule has 0 unspecified atom stereocenters. The lowest BCUT2D eigenvalue weighted by molar-refractivity contribution is -0.137. The second-order valence-corrected chi connectivity index (χ2v) is 5.33. The van der Waals surface area contributed by atoms with Crippen LogP contribution in [0.1, 0.15) is 26.6 Å². The van der Waals surface area contributed by atoms with Gasteiger partial charge in [-0.3, -0.25) is 4.79 Å². The number of aromatic amines is 1. The summed E-state index contributed by atoms with van der Waals surface area (Å²) in [4.78, 5) is 26.4. The molecule has 2 heterocycles. The molecule has 0 aliphatic rings. The minimum Gasteiger partial charge on any atom is -0.451 e. The molecule has 0 aliphatic heterocycles. The summed E-state index contributed by atoms with van der Waals surface area (Å²) in [6.45, 7) is -0.487. The summed E-state index contributed by atoms with van der Waals surface area (Å²) in [5, 5.41) is 0. The van der Waals surface area contributed by atoms with Crippen LogP contribution in [-0.2, 0) is 10.9 Å². The molecule has 0 saturated heterocycles. The molecule has 2 aromatic heterocycles. The normalized spacial score (nSPS) is 11.3. The number of ketones is 1. The lowest BCUT2D eigenvalue weighted by atomic mass is 10.1. The Bertz CT molecular complexity index is 926. The standard InChI is InChI=1S/C18H12F3NO4/c19-18(20,21)12-4-1-3-11(9-12)15-6-7-16(26-15)17(24)25-10-14(23)13-5-2-8-22-13/h1-9,22H,10H2. The van der Waals surface area contributed by atoms with Gasteiger partial charge in [-0.2, -0.15) is 13.2 Å². The fourth-order valence-corrected chi connectivity index (χ4v) is 2.24. The molecular formula is C18H12F3NO4. The van der Waals surface area contributed by atoms with Crippen LogP contribution in [0.2, 0.25) is 0 Å². The third kappa shape index (κ3) is 3.85. The van der Waals surface area contributed by atoms with Crippen molar-refractivity contribution in [1.82, 2.24) is 4.98 Å². The molecule has 0 saturated carbocycles. The SMILES string of the molecule is O=C(COC(=O)c1ccc(-c2cccc(C(F)(F)F)c2)o1)c1ccc[nH]1. The molecule has 1 N–H and O–H groups in total. The number of aromatic nitrogens is 1. The van der Waals surface area contributed by atoms with Crippen LogP contribution in [-0.4, -0.2) is 23.3 Å².